The minimum absolute atomic E-state index is 0.00892. The Morgan fingerprint density at radius 3 is 2.50 bits per heavy atom. The highest BCUT2D eigenvalue weighted by atomic mass is 35.5. The summed E-state index contributed by atoms with van der Waals surface area (Å²) in [5.41, 5.74) is 1.85. The molecule has 0 radical (unpaired) electrons. The van der Waals surface area contributed by atoms with Crippen LogP contribution in [0, 0.1) is 0 Å². The fourth-order valence-corrected chi connectivity index (χ4v) is 4.22. The number of aromatic nitrogens is 1. The third-order valence-corrected chi connectivity index (χ3v) is 6.00. The van der Waals surface area contributed by atoms with Gasteiger partial charge in [0.25, 0.3) is 15.9 Å². The quantitative estimate of drug-likeness (QED) is 0.462. The average molecular weight is 438 g/mol. The van der Waals surface area contributed by atoms with E-state index in [0.717, 1.165) is 5.39 Å². The van der Waals surface area contributed by atoms with Crippen molar-refractivity contribution >= 4 is 49.8 Å². The van der Waals surface area contributed by atoms with Gasteiger partial charge in [-0.15, -0.1) is 0 Å². The summed E-state index contributed by atoms with van der Waals surface area (Å²) in [6.45, 7) is 0. The number of hydrogen-bond donors (Lipinski definition) is 2. The first kappa shape index (κ1) is 19.9. The van der Waals surface area contributed by atoms with Gasteiger partial charge >= 0.3 is 0 Å². The smallest absolute Gasteiger partial charge is 0.261 e. The molecular formula is C22H16ClN3O3S. The summed E-state index contributed by atoms with van der Waals surface area (Å²) in [4.78, 5) is 17.0. The Bertz CT molecular complexity index is 1340. The maximum atomic E-state index is 12.8. The van der Waals surface area contributed by atoms with E-state index in [1.807, 2.05) is 0 Å². The third-order valence-electron chi connectivity index (χ3n) is 4.39. The first-order valence-corrected chi connectivity index (χ1v) is 10.8. The predicted octanol–water partition coefficient (Wildman–Crippen LogP) is 4.94. The maximum Gasteiger partial charge on any atom is 0.261 e. The zero-order valence-corrected chi connectivity index (χ0v) is 17.1. The molecule has 0 aliphatic rings. The Morgan fingerprint density at radius 1 is 0.900 bits per heavy atom. The minimum atomic E-state index is -3.84. The van der Waals surface area contributed by atoms with E-state index < -0.39 is 15.9 Å². The number of anilines is 2. The molecule has 1 amide bonds. The highest BCUT2D eigenvalue weighted by molar-refractivity contribution is 7.92. The zero-order valence-electron chi connectivity index (χ0n) is 15.5. The van der Waals surface area contributed by atoms with Crippen LogP contribution in [0.15, 0.2) is 90.0 Å². The molecule has 0 unspecified atom stereocenters. The number of sulfonamides is 1. The third kappa shape index (κ3) is 4.27. The van der Waals surface area contributed by atoms with Gasteiger partial charge in [0.15, 0.2) is 0 Å². The first-order valence-electron chi connectivity index (χ1n) is 8.96. The Morgan fingerprint density at radius 2 is 1.70 bits per heavy atom. The van der Waals surface area contributed by atoms with Gasteiger partial charge in [-0.1, -0.05) is 35.9 Å². The van der Waals surface area contributed by atoms with Crippen LogP contribution >= 0.6 is 11.6 Å². The van der Waals surface area contributed by atoms with Gasteiger partial charge < -0.3 is 5.32 Å². The highest BCUT2D eigenvalue weighted by Crippen LogP contribution is 2.25. The van der Waals surface area contributed by atoms with Gasteiger partial charge in [0.1, 0.15) is 0 Å². The minimum Gasteiger partial charge on any atom is -0.321 e. The molecule has 30 heavy (non-hydrogen) atoms. The summed E-state index contributed by atoms with van der Waals surface area (Å²) in [6.07, 6.45) is 1.57. The van der Waals surface area contributed by atoms with Crippen LogP contribution in [0.4, 0.5) is 11.4 Å². The molecule has 4 rings (SSSR count). The topological polar surface area (TPSA) is 88.2 Å². The number of amides is 1. The van der Waals surface area contributed by atoms with Gasteiger partial charge in [0, 0.05) is 27.9 Å². The molecule has 4 aromatic rings. The molecule has 0 aliphatic heterocycles. The highest BCUT2D eigenvalue weighted by Gasteiger charge is 2.17. The van der Waals surface area contributed by atoms with Crippen LogP contribution in [0.5, 0.6) is 0 Å². The van der Waals surface area contributed by atoms with Gasteiger partial charge in [0.2, 0.25) is 0 Å². The van der Waals surface area contributed by atoms with Crippen LogP contribution in [-0.2, 0) is 10.0 Å². The lowest BCUT2D eigenvalue weighted by Crippen LogP contribution is -2.16. The molecule has 0 fully saturated rings. The number of benzene rings is 3. The van der Waals surface area contributed by atoms with Crippen LogP contribution in [0.3, 0.4) is 0 Å². The molecule has 0 atom stereocenters. The Labute approximate surface area is 178 Å². The summed E-state index contributed by atoms with van der Waals surface area (Å²) >= 11 is 6.00. The lowest BCUT2D eigenvalue weighted by molar-refractivity contribution is 0.102. The number of carbonyl (C=O) groups is 1. The van der Waals surface area contributed by atoms with E-state index in [9.17, 15) is 13.2 Å². The van der Waals surface area contributed by atoms with Crippen molar-refractivity contribution in [2.24, 2.45) is 0 Å². The molecule has 0 spiro atoms. The molecule has 1 heterocycles. The van der Waals surface area contributed by atoms with Gasteiger partial charge in [-0.2, -0.15) is 0 Å². The Kier molecular flexibility index (Phi) is 5.39. The summed E-state index contributed by atoms with van der Waals surface area (Å²) in [7, 11) is -3.84. The van der Waals surface area contributed by atoms with Gasteiger partial charge in [0.05, 0.1) is 16.1 Å². The van der Waals surface area contributed by atoms with E-state index in [2.05, 4.69) is 15.0 Å². The lowest BCUT2D eigenvalue weighted by Gasteiger charge is -2.11. The summed E-state index contributed by atoms with van der Waals surface area (Å²) in [6, 6.07) is 21.3. The van der Waals surface area contributed by atoms with Crippen LogP contribution < -0.4 is 10.0 Å². The Hall–Kier alpha value is -3.42. The van der Waals surface area contributed by atoms with E-state index in [-0.39, 0.29) is 10.5 Å². The molecule has 0 bridgehead atoms. The summed E-state index contributed by atoms with van der Waals surface area (Å²) in [5, 5.41) is 4.08. The van der Waals surface area contributed by atoms with Crippen molar-refractivity contribution in [3.05, 3.63) is 95.6 Å². The number of rotatable bonds is 5. The SMILES string of the molecule is O=C(Nc1ccnc2cc(Cl)ccc12)c1cccc(S(=O)(=O)Nc2ccccc2)c1. The number of halogens is 1. The number of pyridine rings is 1. The molecule has 1 aromatic heterocycles. The van der Waals surface area contributed by atoms with Crippen molar-refractivity contribution in [3.8, 4) is 0 Å². The van der Waals surface area contributed by atoms with Gasteiger partial charge in [-0.25, -0.2) is 8.42 Å². The average Bonchev–Trinajstić information content (AvgIpc) is 2.74. The molecule has 6 nitrogen and oxygen atoms in total. The van der Waals surface area contributed by atoms with Crippen molar-refractivity contribution in [1.29, 1.82) is 0 Å². The van der Waals surface area contributed by atoms with Crippen LogP contribution in [0.1, 0.15) is 10.4 Å². The van der Waals surface area contributed by atoms with Crippen molar-refractivity contribution in [3.63, 3.8) is 0 Å². The van der Waals surface area contributed by atoms with Crippen LogP contribution in [0.25, 0.3) is 10.9 Å². The van der Waals surface area contributed by atoms with Gasteiger partial charge in [-0.05, 0) is 54.6 Å². The maximum absolute atomic E-state index is 12.8. The number of hydrogen-bond acceptors (Lipinski definition) is 4. The molecule has 0 aliphatic carbocycles. The number of nitrogens with zero attached hydrogens (tertiary/aromatic N) is 1. The van der Waals surface area contributed by atoms with Crippen molar-refractivity contribution in [2.75, 3.05) is 10.0 Å². The monoisotopic (exact) mass is 437 g/mol. The number of para-hydroxylation sites is 1. The molecule has 2 N–H and O–H groups in total. The van der Waals surface area contributed by atoms with E-state index >= 15 is 0 Å². The molecule has 8 heteroatoms. The van der Waals surface area contributed by atoms with Crippen LogP contribution in [-0.4, -0.2) is 19.3 Å². The van der Waals surface area contributed by atoms with Crippen molar-refractivity contribution in [2.45, 2.75) is 4.90 Å². The number of fused-ring (bicyclic) bond motifs is 1. The van der Waals surface area contributed by atoms with Crippen molar-refractivity contribution in [1.82, 2.24) is 4.98 Å². The fourth-order valence-electron chi connectivity index (χ4n) is 2.95. The van der Waals surface area contributed by atoms with E-state index in [1.165, 1.54) is 18.2 Å². The van der Waals surface area contributed by atoms with E-state index in [0.29, 0.717) is 21.9 Å². The molecule has 150 valence electrons. The second-order valence-electron chi connectivity index (χ2n) is 6.47. The van der Waals surface area contributed by atoms with Crippen molar-refractivity contribution < 1.29 is 13.2 Å². The standard InChI is InChI=1S/C22H16ClN3O3S/c23-16-9-10-19-20(11-12-24-21(19)14-16)25-22(27)15-5-4-8-18(13-15)30(28,29)26-17-6-2-1-3-7-17/h1-14,26H,(H,24,25,27). The summed E-state index contributed by atoms with van der Waals surface area (Å²) in [5.74, 6) is -0.436. The number of nitrogens with one attached hydrogen (secondary N) is 2. The lowest BCUT2D eigenvalue weighted by atomic mass is 10.1. The first-order chi connectivity index (χ1) is 14.4. The van der Waals surface area contributed by atoms with Crippen LogP contribution in [0.2, 0.25) is 5.02 Å². The van der Waals surface area contributed by atoms with E-state index in [1.54, 1.807) is 66.9 Å². The molecule has 0 saturated heterocycles. The number of carbonyl (C=O) groups excluding carboxylic acids is 1. The zero-order chi connectivity index (χ0) is 21.1. The second kappa shape index (κ2) is 8.14. The predicted molar refractivity (Wildman–Crippen MR) is 118 cm³/mol. The Balaban J connectivity index is 1.60. The second-order valence-corrected chi connectivity index (χ2v) is 8.59. The fraction of sp³-hybridized carbons (Fsp3) is 0. The molecule has 0 saturated carbocycles. The normalized spacial score (nSPS) is 11.2. The van der Waals surface area contributed by atoms with E-state index in [4.69, 9.17) is 11.6 Å². The molecule has 3 aromatic carbocycles. The largest absolute Gasteiger partial charge is 0.321 e. The summed E-state index contributed by atoms with van der Waals surface area (Å²) < 4.78 is 27.9. The van der Waals surface area contributed by atoms with Gasteiger partial charge in [-0.3, -0.25) is 14.5 Å². The molecular weight excluding hydrogens is 422 g/mol.